The fourth-order valence-electron chi connectivity index (χ4n) is 2.74. The summed E-state index contributed by atoms with van der Waals surface area (Å²) < 4.78 is 0. The van der Waals surface area contributed by atoms with Crippen LogP contribution < -0.4 is 5.32 Å². The lowest BCUT2D eigenvalue weighted by Crippen LogP contribution is -2.11. The van der Waals surface area contributed by atoms with E-state index in [0.717, 1.165) is 32.7 Å². The van der Waals surface area contributed by atoms with Crippen LogP contribution >= 0.6 is 11.3 Å². The molecule has 0 spiro atoms. The van der Waals surface area contributed by atoms with Gasteiger partial charge in [0.25, 0.3) is 5.91 Å². The zero-order valence-electron chi connectivity index (χ0n) is 13.8. The number of anilines is 1. The number of aromatic nitrogens is 3. The number of aromatic amines is 1. The minimum absolute atomic E-state index is 0.184. The first kappa shape index (κ1) is 15.5. The van der Waals surface area contributed by atoms with Crippen molar-refractivity contribution >= 4 is 33.3 Å². The summed E-state index contributed by atoms with van der Waals surface area (Å²) in [5.74, 6) is -0.184. The normalized spacial score (nSPS) is 11.0. The minimum Gasteiger partial charge on any atom is -0.358 e. The molecule has 4 aromatic rings. The van der Waals surface area contributed by atoms with E-state index < -0.39 is 0 Å². The largest absolute Gasteiger partial charge is 0.358 e. The van der Waals surface area contributed by atoms with Crippen LogP contribution in [0.1, 0.15) is 21.6 Å². The third-order valence-electron chi connectivity index (χ3n) is 4.24. The van der Waals surface area contributed by atoms with Crippen molar-refractivity contribution in [3.63, 3.8) is 0 Å². The first-order chi connectivity index (χ1) is 12.1. The molecule has 124 valence electrons. The van der Waals surface area contributed by atoms with Gasteiger partial charge in [-0.25, -0.2) is 0 Å². The maximum absolute atomic E-state index is 12.5. The monoisotopic (exact) mass is 348 g/mol. The van der Waals surface area contributed by atoms with E-state index in [4.69, 9.17) is 0 Å². The maximum Gasteiger partial charge on any atom is 0.257 e. The summed E-state index contributed by atoms with van der Waals surface area (Å²) in [5, 5.41) is 13.4. The summed E-state index contributed by atoms with van der Waals surface area (Å²) in [6.45, 7) is 4.08. The lowest BCUT2D eigenvalue weighted by atomic mass is 10.1. The van der Waals surface area contributed by atoms with Gasteiger partial charge in [0.1, 0.15) is 5.01 Å². The molecule has 2 heterocycles. The molecule has 0 aliphatic carbocycles. The number of carbonyl (C=O) groups is 1. The van der Waals surface area contributed by atoms with E-state index >= 15 is 0 Å². The van der Waals surface area contributed by atoms with Gasteiger partial charge in [0.2, 0.25) is 5.13 Å². The van der Waals surface area contributed by atoms with Gasteiger partial charge in [-0.2, -0.15) is 0 Å². The van der Waals surface area contributed by atoms with Gasteiger partial charge in [-0.3, -0.25) is 10.1 Å². The van der Waals surface area contributed by atoms with E-state index in [1.54, 1.807) is 0 Å². The highest BCUT2D eigenvalue weighted by atomic mass is 32.1. The molecule has 0 saturated carbocycles. The van der Waals surface area contributed by atoms with E-state index in [9.17, 15) is 4.79 Å². The first-order valence-corrected chi connectivity index (χ1v) is 8.72. The number of hydrogen-bond donors (Lipinski definition) is 2. The fourth-order valence-corrected chi connectivity index (χ4v) is 3.49. The lowest BCUT2D eigenvalue weighted by molar-refractivity contribution is 0.102. The third kappa shape index (κ3) is 2.92. The summed E-state index contributed by atoms with van der Waals surface area (Å²) in [7, 11) is 0. The van der Waals surface area contributed by atoms with Gasteiger partial charge >= 0.3 is 0 Å². The van der Waals surface area contributed by atoms with Gasteiger partial charge in [0, 0.05) is 27.7 Å². The van der Waals surface area contributed by atoms with Gasteiger partial charge in [-0.05, 0) is 37.6 Å². The van der Waals surface area contributed by atoms with Crippen LogP contribution in [0, 0.1) is 13.8 Å². The zero-order chi connectivity index (χ0) is 17.4. The first-order valence-electron chi connectivity index (χ1n) is 7.91. The Morgan fingerprint density at radius 1 is 1.08 bits per heavy atom. The molecule has 0 aliphatic heterocycles. The number of aryl methyl sites for hydroxylation is 2. The van der Waals surface area contributed by atoms with E-state index in [1.165, 1.54) is 11.3 Å². The highest BCUT2D eigenvalue weighted by Gasteiger charge is 2.13. The van der Waals surface area contributed by atoms with Crippen LogP contribution in [0.5, 0.6) is 0 Å². The molecule has 6 heteroatoms. The Kier molecular flexibility index (Phi) is 3.82. The SMILES string of the molecule is Cc1[nH]c2ccc(C(=O)Nc3nnc(-c4ccccc4)s3)cc2c1C. The number of H-pyrrole nitrogens is 1. The predicted octanol–water partition coefficient (Wildman–Crippen LogP) is 4.56. The van der Waals surface area contributed by atoms with E-state index in [0.29, 0.717) is 10.7 Å². The summed E-state index contributed by atoms with van der Waals surface area (Å²) >= 11 is 1.36. The van der Waals surface area contributed by atoms with Crippen LogP contribution in [0.4, 0.5) is 5.13 Å². The van der Waals surface area contributed by atoms with Crippen molar-refractivity contribution in [1.29, 1.82) is 0 Å². The number of hydrogen-bond acceptors (Lipinski definition) is 4. The van der Waals surface area contributed by atoms with Gasteiger partial charge in [0.15, 0.2) is 0 Å². The molecule has 0 bridgehead atoms. The molecule has 0 saturated heterocycles. The zero-order valence-corrected chi connectivity index (χ0v) is 14.6. The Morgan fingerprint density at radius 2 is 1.88 bits per heavy atom. The second kappa shape index (κ2) is 6.14. The molecule has 0 radical (unpaired) electrons. The van der Waals surface area contributed by atoms with Crippen LogP contribution in [0.2, 0.25) is 0 Å². The molecule has 2 N–H and O–H groups in total. The smallest absolute Gasteiger partial charge is 0.257 e. The topological polar surface area (TPSA) is 70.7 Å². The maximum atomic E-state index is 12.5. The molecule has 1 amide bonds. The van der Waals surface area contributed by atoms with Crippen LogP contribution in [-0.2, 0) is 0 Å². The van der Waals surface area contributed by atoms with Crippen LogP contribution in [0.15, 0.2) is 48.5 Å². The summed E-state index contributed by atoms with van der Waals surface area (Å²) in [6.07, 6.45) is 0. The standard InChI is InChI=1S/C19H16N4OS/c1-11-12(2)20-16-9-8-14(10-15(11)16)17(24)21-19-23-22-18(25-19)13-6-4-3-5-7-13/h3-10,20H,1-2H3,(H,21,23,24). The average molecular weight is 348 g/mol. The molecule has 0 aliphatic rings. The summed E-state index contributed by atoms with van der Waals surface area (Å²) in [6, 6.07) is 15.4. The molecule has 4 rings (SSSR count). The molecule has 2 aromatic heterocycles. The van der Waals surface area contributed by atoms with Crippen LogP contribution in [0.3, 0.4) is 0 Å². The summed E-state index contributed by atoms with van der Waals surface area (Å²) in [4.78, 5) is 15.9. The molecule has 0 fully saturated rings. The second-order valence-electron chi connectivity index (χ2n) is 5.87. The van der Waals surface area contributed by atoms with Crippen molar-refractivity contribution in [1.82, 2.24) is 15.2 Å². The molecule has 5 nitrogen and oxygen atoms in total. The van der Waals surface area contributed by atoms with Crippen LogP contribution in [-0.4, -0.2) is 21.1 Å². The minimum atomic E-state index is -0.184. The Morgan fingerprint density at radius 3 is 2.68 bits per heavy atom. The molecule has 0 atom stereocenters. The van der Waals surface area contributed by atoms with E-state index in [2.05, 4.69) is 20.5 Å². The molecule has 25 heavy (non-hydrogen) atoms. The van der Waals surface area contributed by atoms with E-state index in [1.807, 2.05) is 62.4 Å². The van der Waals surface area contributed by atoms with E-state index in [-0.39, 0.29) is 5.91 Å². The number of rotatable bonds is 3. The number of amides is 1. The molecular weight excluding hydrogens is 332 g/mol. The van der Waals surface area contributed by atoms with Gasteiger partial charge in [-0.1, -0.05) is 41.7 Å². The van der Waals surface area contributed by atoms with Gasteiger partial charge in [-0.15, -0.1) is 10.2 Å². The Labute approximate surface area is 148 Å². The summed E-state index contributed by atoms with van der Waals surface area (Å²) in [5.41, 5.74) is 4.90. The number of carbonyl (C=O) groups excluding carboxylic acids is 1. The highest BCUT2D eigenvalue weighted by molar-refractivity contribution is 7.18. The predicted molar refractivity (Wildman–Crippen MR) is 101 cm³/mol. The Hall–Kier alpha value is -2.99. The van der Waals surface area contributed by atoms with Crippen LogP contribution in [0.25, 0.3) is 21.5 Å². The highest BCUT2D eigenvalue weighted by Crippen LogP contribution is 2.27. The van der Waals surface area contributed by atoms with Crippen molar-refractivity contribution in [3.8, 4) is 10.6 Å². The Bertz CT molecular complexity index is 1070. The van der Waals surface area contributed by atoms with Crippen molar-refractivity contribution in [2.45, 2.75) is 13.8 Å². The van der Waals surface area contributed by atoms with Crippen molar-refractivity contribution in [2.24, 2.45) is 0 Å². The quantitative estimate of drug-likeness (QED) is 0.570. The second-order valence-corrected chi connectivity index (χ2v) is 6.85. The number of benzene rings is 2. The molecule has 0 unspecified atom stereocenters. The van der Waals surface area contributed by atoms with Crippen molar-refractivity contribution in [2.75, 3.05) is 5.32 Å². The van der Waals surface area contributed by atoms with Crippen molar-refractivity contribution in [3.05, 3.63) is 65.4 Å². The third-order valence-corrected chi connectivity index (χ3v) is 5.12. The Balaban J connectivity index is 1.58. The molecular formula is C19H16N4OS. The fraction of sp³-hybridized carbons (Fsp3) is 0.105. The average Bonchev–Trinajstić information content (AvgIpc) is 3.21. The van der Waals surface area contributed by atoms with Gasteiger partial charge < -0.3 is 4.98 Å². The lowest BCUT2D eigenvalue weighted by Gasteiger charge is -2.02. The number of nitrogens with zero attached hydrogens (tertiary/aromatic N) is 2. The number of fused-ring (bicyclic) bond motifs is 1. The number of nitrogens with one attached hydrogen (secondary N) is 2. The van der Waals surface area contributed by atoms with Gasteiger partial charge in [0.05, 0.1) is 0 Å². The van der Waals surface area contributed by atoms with Crippen molar-refractivity contribution < 1.29 is 4.79 Å². The molecule has 2 aromatic carbocycles.